The molecule has 1 atom stereocenters. The van der Waals surface area contributed by atoms with Crippen LogP contribution in [-0.4, -0.2) is 23.8 Å². The predicted octanol–water partition coefficient (Wildman–Crippen LogP) is 2.84. The highest BCUT2D eigenvalue weighted by molar-refractivity contribution is 6.25. The number of ketones is 1. The van der Waals surface area contributed by atoms with Gasteiger partial charge in [0.25, 0.3) is 0 Å². The number of fused-ring (bicyclic) bond motifs is 2. The lowest BCUT2D eigenvalue weighted by Gasteiger charge is -2.25. The fourth-order valence-corrected chi connectivity index (χ4v) is 3.23. The molecule has 2 aromatic carbocycles. The first-order chi connectivity index (χ1) is 11.2. The highest BCUT2D eigenvalue weighted by atomic mass is 16.5. The Morgan fingerprint density at radius 3 is 2.61 bits per heavy atom. The number of esters is 1. The van der Waals surface area contributed by atoms with E-state index >= 15 is 0 Å². The van der Waals surface area contributed by atoms with Crippen molar-refractivity contribution in [2.45, 2.75) is 5.54 Å². The number of aromatic nitrogens is 1. The van der Waals surface area contributed by atoms with Crippen LogP contribution in [0.5, 0.6) is 0 Å². The molecule has 0 amide bonds. The minimum Gasteiger partial charge on any atom is -0.467 e. The third-order valence-corrected chi connectivity index (χ3v) is 4.32. The number of hydrogen-bond donors (Lipinski definition) is 2. The van der Waals surface area contributed by atoms with E-state index in [1.807, 2.05) is 30.3 Å². The molecule has 23 heavy (non-hydrogen) atoms. The van der Waals surface area contributed by atoms with E-state index in [0.29, 0.717) is 16.8 Å². The Morgan fingerprint density at radius 1 is 1.09 bits per heavy atom. The maximum Gasteiger partial charge on any atom is 0.344 e. The number of Topliss-reactive ketones (excluding diaryl/α,β-unsaturated/α-hetero) is 1. The Balaban J connectivity index is 2.01. The smallest absolute Gasteiger partial charge is 0.344 e. The first kappa shape index (κ1) is 13.6. The molecule has 0 saturated heterocycles. The zero-order valence-corrected chi connectivity index (χ0v) is 12.4. The van der Waals surface area contributed by atoms with Crippen molar-refractivity contribution in [2.75, 3.05) is 12.4 Å². The van der Waals surface area contributed by atoms with Crippen LogP contribution in [0.3, 0.4) is 0 Å². The molecule has 5 nitrogen and oxygen atoms in total. The number of carbonyl (C=O) groups is 2. The number of aromatic amines is 1. The number of para-hydroxylation sites is 2. The maximum atomic E-state index is 13.1. The van der Waals surface area contributed by atoms with E-state index in [9.17, 15) is 9.59 Å². The molecular formula is C18H14N2O3. The zero-order valence-electron chi connectivity index (χ0n) is 12.4. The Kier molecular flexibility index (Phi) is 2.78. The van der Waals surface area contributed by atoms with Crippen LogP contribution in [0.1, 0.15) is 15.9 Å². The van der Waals surface area contributed by atoms with Crippen molar-refractivity contribution in [1.29, 1.82) is 0 Å². The predicted molar refractivity (Wildman–Crippen MR) is 86.4 cm³/mol. The average molecular weight is 306 g/mol. The number of nitrogens with one attached hydrogen (secondary N) is 2. The second kappa shape index (κ2) is 4.71. The Labute approximate surface area is 132 Å². The highest BCUT2D eigenvalue weighted by Crippen LogP contribution is 2.42. The Morgan fingerprint density at radius 2 is 1.83 bits per heavy atom. The fourth-order valence-electron chi connectivity index (χ4n) is 3.23. The number of anilines is 1. The number of H-pyrrole nitrogens is 1. The topological polar surface area (TPSA) is 71.2 Å². The number of carbonyl (C=O) groups excluding carboxylic acids is 2. The second-order valence-corrected chi connectivity index (χ2v) is 5.49. The third kappa shape index (κ3) is 1.67. The summed E-state index contributed by atoms with van der Waals surface area (Å²) in [6.45, 7) is 0. The molecule has 1 unspecified atom stereocenters. The number of benzene rings is 2. The highest BCUT2D eigenvalue weighted by Gasteiger charge is 2.55. The zero-order chi connectivity index (χ0) is 16.0. The number of methoxy groups -OCH3 is 1. The van der Waals surface area contributed by atoms with Crippen LogP contribution in [0.4, 0.5) is 5.69 Å². The molecule has 0 fully saturated rings. The fraction of sp³-hybridized carbons (Fsp3) is 0.111. The largest absolute Gasteiger partial charge is 0.467 e. The maximum absolute atomic E-state index is 13.1. The van der Waals surface area contributed by atoms with Crippen LogP contribution in [0.2, 0.25) is 0 Å². The first-order valence-electron chi connectivity index (χ1n) is 7.25. The lowest BCUT2D eigenvalue weighted by molar-refractivity contribution is -0.144. The van der Waals surface area contributed by atoms with Gasteiger partial charge in [-0.05, 0) is 18.2 Å². The summed E-state index contributed by atoms with van der Waals surface area (Å²) in [7, 11) is 1.29. The Bertz CT molecular complexity index is 944. The van der Waals surface area contributed by atoms with Crippen LogP contribution in [-0.2, 0) is 15.1 Å². The van der Waals surface area contributed by atoms with Gasteiger partial charge < -0.3 is 15.0 Å². The summed E-state index contributed by atoms with van der Waals surface area (Å²) in [5.74, 6) is -0.923. The minimum absolute atomic E-state index is 0.301. The van der Waals surface area contributed by atoms with E-state index in [-0.39, 0.29) is 5.78 Å². The third-order valence-electron chi connectivity index (χ3n) is 4.32. The van der Waals surface area contributed by atoms with E-state index < -0.39 is 11.5 Å². The molecule has 4 rings (SSSR count). The van der Waals surface area contributed by atoms with Gasteiger partial charge in [-0.1, -0.05) is 30.3 Å². The van der Waals surface area contributed by atoms with E-state index in [1.54, 1.807) is 24.4 Å². The molecule has 0 aliphatic carbocycles. The summed E-state index contributed by atoms with van der Waals surface area (Å²) >= 11 is 0. The molecule has 0 bridgehead atoms. The standard InChI is InChI=1S/C18H14N2O3/c1-23-17(22)18(13-10-19-14-8-4-2-6-11(13)14)16(21)12-7-3-5-9-15(12)20-18/h2-10,19-20H,1H3. The number of hydrogen-bond acceptors (Lipinski definition) is 4. The summed E-state index contributed by atoms with van der Waals surface area (Å²) in [5, 5.41) is 3.91. The van der Waals surface area contributed by atoms with E-state index in [0.717, 1.165) is 10.9 Å². The van der Waals surface area contributed by atoms with Crippen molar-refractivity contribution >= 4 is 28.3 Å². The van der Waals surface area contributed by atoms with Gasteiger partial charge in [0, 0.05) is 33.9 Å². The normalized spacial score (nSPS) is 19.4. The van der Waals surface area contributed by atoms with Crippen molar-refractivity contribution in [1.82, 2.24) is 4.98 Å². The van der Waals surface area contributed by atoms with Gasteiger partial charge in [0.1, 0.15) is 0 Å². The molecule has 1 aromatic heterocycles. The molecule has 0 saturated carbocycles. The summed E-state index contributed by atoms with van der Waals surface area (Å²) < 4.78 is 4.98. The molecular weight excluding hydrogens is 292 g/mol. The van der Waals surface area contributed by atoms with Gasteiger partial charge in [0.05, 0.1) is 7.11 Å². The number of rotatable bonds is 2. The van der Waals surface area contributed by atoms with Crippen LogP contribution in [0.25, 0.3) is 10.9 Å². The van der Waals surface area contributed by atoms with Crippen LogP contribution in [0, 0.1) is 0 Å². The van der Waals surface area contributed by atoms with Crippen molar-refractivity contribution in [3.63, 3.8) is 0 Å². The lowest BCUT2D eigenvalue weighted by atomic mass is 9.85. The van der Waals surface area contributed by atoms with E-state index in [4.69, 9.17) is 4.74 Å². The molecule has 2 N–H and O–H groups in total. The molecule has 0 radical (unpaired) electrons. The van der Waals surface area contributed by atoms with E-state index in [1.165, 1.54) is 7.11 Å². The molecule has 5 heteroatoms. The van der Waals surface area contributed by atoms with Crippen molar-refractivity contribution in [2.24, 2.45) is 0 Å². The van der Waals surface area contributed by atoms with Gasteiger partial charge in [0.15, 0.2) is 0 Å². The second-order valence-electron chi connectivity index (χ2n) is 5.49. The average Bonchev–Trinajstić information content (AvgIpc) is 3.15. The summed E-state index contributed by atoms with van der Waals surface area (Å²) in [5.41, 5.74) is 0.992. The van der Waals surface area contributed by atoms with E-state index in [2.05, 4.69) is 10.3 Å². The van der Waals surface area contributed by atoms with Crippen LogP contribution < -0.4 is 5.32 Å². The van der Waals surface area contributed by atoms with Crippen LogP contribution in [0.15, 0.2) is 54.7 Å². The lowest BCUT2D eigenvalue weighted by Crippen LogP contribution is -2.47. The quantitative estimate of drug-likeness (QED) is 0.564. The van der Waals surface area contributed by atoms with Gasteiger partial charge >= 0.3 is 5.97 Å². The molecule has 0 spiro atoms. The van der Waals surface area contributed by atoms with Gasteiger partial charge in [0.2, 0.25) is 11.3 Å². The van der Waals surface area contributed by atoms with Gasteiger partial charge in [-0.2, -0.15) is 0 Å². The first-order valence-corrected chi connectivity index (χ1v) is 7.25. The van der Waals surface area contributed by atoms with Gasteiger partial charge in [-0.3, -0.25) is 4.79 Å². The molecule has 1 aliphatic heterocycles. The SMILES string of the molecule is COC(=O)C1(c2c[nH]c3ccccc23)Nc2ccccc2C1=O. The van der Waals surface area contributed by atoms with Gasteiger partial charge in [-0.25, -0.2) is 4.79 Å². The monoisotopic (exact) mass is 306 g/mol. The molecule has 3 aromatic rings. The summed E-state index contributed by atoms with van der Waals surface area (Å²) in [4.78, 5) is 28.8. The molecule has 1 aliphatic rings. The summed E-state index contributed by atoms with van der Waals surface area (Å²) in [6.07, 6.45) is 1.69. The van der Waals surface area contributed by atoms with Crippen LogP contribution >= 0.6 is 0 Å². The van der Waals surface area contributed by atoms with Crippen molar-refractivity contribution < 1.29 is 14.3 Å². The van der Waals surface area contributed by atoms with Crippen molar-refractivity contribution in [3.8, 4) is 0 Å². The van der Waals surface area contributed by atoms with Crippen molar-refractivity contribution in [3.05, 3.63) is 65.9 Å². The number of ether oxygens (including phenoxy) is 1. The minimum atomic E-state index is -1.56. The molecule has 2 heterocycles. The summed E-state index contributed by atoms with van der Waals surface area (Å²) in [6, 6.07) is 14.6. The Hall–Kier alpha value is -3.08. The van der Waals surface area contributed by atoms with Gasteiger partial charge in [-0.15, -0.1) is 0 Å². The molecule has 114 valence electrons.